The van der Waals surface area contributed by atoms with E-state index in [1.54, 1.807) is 0 Å². The summed E-state index contributed by atoms with van der Waals surface area (Å²) in [5, 5.41) is 11.4. The molecule has 4 nitrogen and oxygen atoms in total. The number of benzene rings is 2. The second-order valence-corrected chi connectivity index (χ2v) is 10.6. The van der Waals surface area contributed by atoms with Crippen LogP contribution in [0.1, 0.15) is 50.8 Å². The lowest BCUT2D eigenvalue weighted by Gasteiger charge is -2.13. The number of nitrogens with zero attached hydrogens (tertiary/aromatic N) is 4. The maximum absolute atomic E-state index is 6.89. The van der Waals surface area contributed by atoms with Crippen LogP contribution in [0, 0.1) is 6.92 Å². The molecule has 1 aliphatic heterocycles. The third-order valence-electron chi connectivity index (χ3n) is 6.52. The second kappa shape index (κ2) is 8.39. The van der Waals surface area contributed by atoms with Crippen LogP contribution >= 0.6 is 34.5 Å². The standard InChI is InChI=1S/C26H22Cl2N4S/c1-15-30-31-23-14-29-25(24-20-3-2-4-22(20)33-26(24)32(15)23)19-12-9-17(13-21(19)28)6-5-16-7-10-18(27)11-8-16/h7-13H,2-6,14H2,1H3. The molecular formula is C26H22Cl2N4S. The van der Waals surface area contributed by atoms with Crippen molar-refractivity contribution in [3.8, 4) is 5.00 Å². The molecule has 0 atom stereocenters. The minimum Gasteiger partial charge on any atom is -0.276 e. The van der Waals surface area contributed by atoms with Gasteiger partial charge in [0.05, 0.1) is 10.7 Å². The van der Waals surface area contributed by atoms with Gasteiger partial charge in [-0.1, -0.05) is 47.5 Å². The number of aliphatic imine (C=N–C) groups is 1. The molecule has 166 valence electrons. The lowest BCUT2D eigenvalue weighted by Crippen LogP contribution is -2.09. The van der Waals surface area contributed by atoms with E-state index >= 15 is 0 Å². The lowest BCUT2D eigenvalue weighted by atomic mass is 9.96. The number of hydrogen-bond acceptors (Lipinski definition) is 4. The molecule has 0 amide bonds. The molecule has 6 rings (SSSR count). The lowest BCUT2D eigenvalue weighted by molar-refractivity contribution is 0.868. The van der Waals surface area contributed by atoms with E-state index in [1.807, 2.05) is 30.4 Å². The smallest absolute Gasteiger partial charge is 0.160 e. The summed E-state index contributed by atoms with van der Waals surface area (Å²) in [5.74, 6) is 1.80. The first-order valence-corrected chi connectivity index (χ1v) is 12.8. The quantitative estimate of drug-likeness (QED) is 0.323. The van der Waals surface area contributed by atoms with Crippen LogP contribution in [0.3, 0.4) is 0 Å². The predicted octanol–water partition coefficient (Wildman–Crippen LogP) is 6.57. The Morgan fingerprint density at radius 2 is 1.76 bits per heavy atom. The molecule has 0 spiro atoms. The van der Waals surface area contributed by atoms with Gasteiger partial charge in [0.1, 0.15) is 17.4 Å². The largest absolute Gasteiger partial charge is 0.276 e. The molecule has 0 fully saturated rings. The van der Waals surface area contributed by atoms with Crippen LogP contribution < -0.4 is 0 Å². The topological polar surface area (TPSA) is 43.1 Å². The number of aromatic nitrogens is 3. The summed E-state index contributed by atoms with van der Waals surface area (Å²) < 4.78 is 2.18. The van der Waals surface area contributed by atoms with Crippen molar-refractivity contribution in [1.29, 1.82) is 0 Å². The van der Waals surface area contributed by atoms with Crippen LogP contribution in [0.25, 0.3) is 5.00 Å². The first-order valence-electron chi connectivity index (χ1n) is 11.2. The van der Waals surface area contributed by atoms with Gasteiger partial charge in [-0.15, -0.1) is 21.5 Å². The van der Waals surface area contributed by atoms with Crippen molar-refractivity contribution < 1.29 is 0 Å². The van der Waals surface area contributed by atoms with Gasteiger partial charge in [-0.25, -0.2) is 0 Å². The normalized spacial score (nSPS) is 14.5. The highest BCUT2D eigenvalue weighted by molar-refractivity contribution is 7.15. The van der Waals surface area contributed by atoms with Crippen LogP contribution in [-0.4, -0.2) is 20.5 Å². The fourth-order valence-corrected chi connectivity index (χ4v) is 6.74. The summed E-state index contributed by atoms with van der Waals surface area (Å²) in [7, 11) is 0. The van der Waals surface area contributed by atoms with Crippen LogP contribution in [0.2, 0.25) is 10.0 Å². The van der Waals surface area contributed by atoms with Gasteiger partial charge in [-0.05, 0) is 73.9 Å². The highest BCUT2D eigenvalue weighted by Crippen LogP contribution is 2.42. The van der Waals surface area contributed by atoms with Crippen molar-refractivity contribution in [1.82, 2.24) is 14.8 Å². The molecule has 2 aliphatic rings. The zero-order valence-corrected chi connectivity index (χ0v) is 20.6. The van der Waals surface area contributed by atoms with Crippen molar-refractivity contribution >= 4 is 40.3 Å². The van der Waals surface area contributed by atoms with E-state index in [-0.39, 0.29) is 0 Å². The van der Waals surface area contributed by atoms with E-state index in [4.69, 9.17) is 28.2 Å². The fourth-order valence-electron chi connectivity index (χ4n) is 4.86. The third-order valence-corrected chi connectivity index (χ3v) is 8.36. The zero-order valence-electron chi connectivity index (χ0n) is 18.2. The monoisotopic (exact) mass is 492 g/mol. The van der Waals surface area contributed by atoms with Gasteiger partial charge in [0, 0.05) is 21.0 Å². The van der Waals surface area contributed by atoms with Crippen LogP contribution in [0.5, 0.6) is 0 Å². The highest BCUT2D eigenvalue weighted by Gasteiger charge is 2.31. The molecule has 0 bridgehead atoms. The minimum absolute atomic E-state index is 0.501. The Labute approximate surface area is 206 Å². The van der Waals surface area contributed by atoms with E-state index in [1.165, 1.54) is 38.6 Å². The van der Waals surface area contributed by atoms with Gasteiger partial charge >= 0.3 is 0 Å². The second-order valence-electron chi connectivity index (χ2n) is 8.64. The number of rotatable bonds is 4. The van der Waals surface area contributed by atoms with Crippen LogP contribution in [-0.2, 0) is 32.2 Å². The number of thiophene rings is 1. The molecule has 0 radical (unpaired) electrons. The van der Waals surface area contributed by atoms with Crippen molar-refractivity contribution in [3.05, 3.63) is 96.9 Å². The van der Waals surface area contributed by atoms with E-state index in [2.05, 4.69) is 45.1 Å². The molecule has 3 heterocycles. The van der Waals surface area contributed by atoms with Gasteiger partial charge in [0.25, 0.3) is 0 Å². The Bertz CT molecular complexity index is 1400. The van der Waals surface area contributed by atoms with E-state index in [9.17, 15) is 0 Å². The summed E-state index contributed by atoms with van der Waals surface area (Å²) in [6.45, 7) is 2.51. The Morgan fingerprint density at radius 1 is 0.970 bits per heavy atom. The first-order chi connectivity index (χ1) is 16.1. The van der Waals surface area contributed by atoms with E-state index in [0.717, 1.165) is 58.7 Å². The van der Waals surface area contributed by atoms with E-state index in [0.29, 0.717) is 6.54 Å². The predicted molar refractivity (Wildman–Crippen MR) is 136 cm³/mol. The Morgan fingerprint density at radius 3 is 2.58 bits per heavy atom. The Balaban J connectivity index is 1.36. The maximum atomic E-state index is 6.89. The van der Waals surface area contributed by atoms with Crippen molar-refractivity contribution in [2.75, 3.05) is 0 Å². The van der Waals surface area contributed by atoms with E-state index < -0.39 is 0 Å². The zero-order chi connectivity index (χ0) is 22.5. The number of halogens is 2. The Kier molecular flexibility index (Phi) is 5.36. The molecule has 0 unspecified atom stereocenters. The number of fused-ring (bicyclic) bond motifs is 5. The molecule has 7 heteroatoms. The summed E-state index contributed by atoms with van der Waals surface area (Å²) in [6, 6.07) is 14.5. The summed E-state index contributed by atoms with van der Waals surface area (Å²) in [6.07, 6.45) is 5.30. The molecule has 2 aromatic carbocycles. The summed E-state index contributed by atoms with van der Waals surface area (Å²) in [5.41, 5.74) is 7.13. The third kappa shape index (κ3) is 3.72. The molecule has 1 aliphatic carbocycles. The SMILES string of the molecule is Cc1nnc2n1-c1sc3c(c1C(c1ccc(CCc4ccc(Cl)cc4)cc1Cl)=NC2)CCC3. The fraction of sp³-hybridized carbons (Fsp3) is 0.269. The average molecular weight is 493 g/mol. The first kappa shape index (κ1) is 21.1. The molecule has 2 aromatic heterocycles. The van der Waals surface area contributed by atoms with Gasteiger partial charge < -0.3 is 0 Å². The summed E-state index contributed by atoms with van der Waals surface area (Å²) in [4.78, 5) is 6.50. The minimum atomic E-state index is 0.501. The molecular weight excluding hydrogens is 471 g/mol. The highest BCUT2D eigenvalue weighted by atomic mass is 35.5. The van der Waals surface area contributed by atoms with Crippen LogP contribution in [0.4, 0.5) is 0 Å². The van der Waals surface area contributed by atoms with Crippen LogP contribution in [0.15, 0.2) is 47.5 Å². The molecule has 33 heavy (non-hydrogen) atoms. The number of hydrogen-bond donors (Lipinski definition) is 0. The van der Waals surface area contributed by atoms with Crippen molar-refractivity contribution in [2.45, 2.75) is 45.6 Å². The molecule has 4 aromatic rings. The van der Waals surface area contributed by atoms with Gasteiger partial charge in [0.2, 0.25) is 0 Å². The molecule has 0 saturated carbocycles. The van der Waals surface area contributed by atoms with Gasteiger partial charge in [0.15, 0.2) is 5.82 Å². The molecule has 0 saturated heterocycles. The van der Waals surface area contributed by atoms with Crippen molar-refractivity contribution in [3.63, 3.8) is 0 Å². The Hall–Kier alpha value is -2.47. The van der Waals surface area contributed by atoms with Crippen molar-refractivity contribution in [2.24, 2.45) is 4.99 Å². The maximum Gasteiger partial charge on any atom is 0.160 e. The summed E-state index contributed by atoms with van der Waals surface area (Å²) >= 11 is 14.8. The average Bonchev–Trinajstić information content (AvgIpc) is 3.47. The van der Waals surface area contributed by atoms with Gasteiger partial charge in [-0.3, -0.25) is 9.56 Å². The molecule has 0 N–H and O–H groups in total. The number of aryl methyl sites for hydroxylation is 4. The van der Waals surface area contributed by atoms with Gasteiger partial charge in [-0.2, -0.15) is 0 Å².